The van der Waals surface area contributed by atoms with Crippen molar-refractivity contribution >= 4 is 17.5 Å². The van der Waals surface area contributed by atoms with Crippen molar-refractivity contribution in [3.63, 3.8) is 0 Å². The van der Waals surface area contributed by atoms with E-state index in [0.29, 0.717) is 36.6 Å². The molecule has 0 aliphatic carbocycles. The first-order chi connectivity index (χ1) is 13.6. The minimum Gasteiger partial charge on any atom is -0.459 e. The van der Waals surface area contributed by atoms with Gasteiger partial charge in [0.2, 0.25) is 11.8 Å². The maximum atomic E-state index is 13.1. The zero-order valence-corrected chi connectivity index (χ0v) is 15.5. The molecule has 1 aliphatic heterocycles. The standard InChI is InChI=1S/C20H20N4O4/c1-2-9-24(12-18-22-23-19(28-18)16-4-3-10-27-16)20(26)14-5-7-15-13(11-14)6-8-17(25)21-15/h3-5,7,10-11H,2,6,8-9,12H2,1H3,(H,21,25). The van der Waals surface area contributed by atoms with Crippen molar-refractivity contribution in [2.24, 2.45) is 0 Å². The highest BCUT2D eigenvalue weighted by Crippen LogP contribution is 2.25. The van der Waals surface area contributed by atoms with Gasteiger partial charge in [-0.25, -0.2) is 0 Å². The van der Waals surface area contributed by atoms with E-state index in [0.717, 1.165) is 17.7 Å². The molecule has 0 saturated carbocycles. The number of aryl methyl sites for hydroxylation is 1. The van der Waals surface area contributed by atoms with Crippen molar-refractivity contribution in [1.29, 1.82) is 0 Å². The third kappa shape index (κ3) is 3.66. The Labute approximate surface area is 161 Å². The number of hydrogen-bond acceptors (Lipinski definition) is 6. The predicted molar refractivity (Wildman–Crippen MR) is 100 cm³/mol. The van der Waals surface area contributed by atoms with Gasteiger partial charge in [0, 0.05) is 24.2 Å². The van der Waals surface area contributed by atoms with Crippen LogP contribution in [0.15, 0.2) is 45.4 Å². The van der Waals surface area contributed by atoms with Crippen LogP contribution in [0.5, 0.6) is 0 Å². The van der Waals surface area contributed by atoms with Crippen molar-refractivity contribution in [3.8, 4) is 11.7 Å². The van der Waals surface area contributed by atoms with E-state index in [-0.39, 0.29) is 24.2 Å². The Balaban J connectivity index is 1.53. The Kier molecular flexibility index (Phi) is 4.92. The summed E-state index contributed by atoms with van der Waals surface area (Å²) in [6, 6.07) is 8.84. The second-order valence-corrected chi connectivity index (χ2v) is 6.63. The van der Waals surface area contributed by atoms with Crippen LogP contribution in [0.3, 0.4) is 0 Å². The van der Waals surface area contributed by atoms with Gasteiger partial charge in [0.25, 0.3) is 11.8 Å². The molecule has 0 atom stereocenters. The minimum absolute atomic E-state index is 0.00272. The number of benzene rings is 1. The van der Waals surface area contributed by atoms with Crippen molar-refractivity contribution < 1.29 is 18.4 Å². The summed E-state index contributed by atoms with van der Waals surface area (Å²) in [4.78, 5) is 26.3. The Morgan fingerprint density at radius 3 is 2.93 bits per heavy atom. The number of nitrogens with one attached hydrogen (secondary N) is 1. The molecule has 8 heteroatoms. The fourth-order valence-corrected chi connectivity index (χ4v) is 3.20. The van der Waals surface area contributed by atoms with E-state index < -0.39 is 0 Å². The third-order valence-electron chi connectivity index (χ3n) is 4.55. The van der Waals surface area contributed by atoms with Crippen LogP contribution in [-0.4, -0.2) is 33.5 Å². The summed E-state index contributed by atoms with van der Waals surface area (Å²) in [5, 5.41) is 10.8. The summed E-state index contributed by atoms with van der Waals surface area (Å²) in [5.74, 6) is 1.01. The van der Waals surface area contributed by atoms with Gasteiger partial charge < -0.3 is 19.1 Å². The number of anilines is 1. The van der Waals surface area contributed by atoms with Gasteiger partial charge in [-0.3, -0.25) is 9.59 Å². The highest BCUT2D eigenvalue weighted by atomic mass is 16.4. The second-order valence-electron chi connectivity index (χ2n) is 6.63. The molecule has 1 aliphatic rings. The molecule has 0 bridgehead atoms. The third-order valence-corrected chi connectivity index (χ3v) is 4.55. The molecule has 1 N–H and O–H groups in total. The van der Waals surface area contributed by atoms with Crippen molar-refractivity contribution in [1.82, 2.24) is 15.1 Å². The van der Waals surface area contributed by atoms with Crippen LogP contribution in [-0.2, 0) is 17.8 Å². The van der Waals surface area contributed by atoms with E-state index in [9.17, 15) is 9.59 Å². The topological polar surface area (TPSA) is 101 Å². The lowest BCUT2D eigenvalue weighted by Crippen LogP contribution is -2.31. The number of amides is 2. The second kappa shape index (κ2) is 7.67. The molecule has 0 spiro atoms. The number of carbonyl (C=O) groups excluding carboxylic acids is 2. The maximum absolute atomic E-state index is 13.1. The quantitative estimate of drug-likeness (QED) is 0.704. The SMILES string of the molecule is CCCN(Cc1nnc(-c2ccco2)o1)C(=O)c1ccc2c(c1)CCC(=O)N2. The number of fused-ring (bicyclic) bond motifs is 1. The molecule has 3 aromatic rings. The van der Waals surface area contributed by atoms with Gasteiger partial charge in [0.1, 0.15) is 0 Å². The number of rotatable bonds is 6. The van der Waals surface area contributed by atoms with E-state index in [1.807, 2.05) is 13.0 Å². The van der Waals surface area contributed by atoms with Gasteiger partial charge in [0.15, 0.2) is 5.76 Å². The van der Waals surface area contributed by atoms with E-state index >= 15 is 0 Å². The van der Waals surface area contributed by atoms with Crippen LogP contribution in [0, 0.1) is 0 Å². The molecule has 4 rings (SSSR count). The molecule has 28 heavy (non-hydrogen) atoms. The largest absolute Gasteiger partial charge is 0.459 e. The Hall–Kier alpha value is -3.42. The van der Waals surface area contributed by atoms with E-state index in [2.05, 4.69) is 15.5 Å². The van der Waals surface area contributed by atoms with Gasteiger partial charge in [-0.1, -0.05) is 6.92 Å². The first-order valence-corrected chi connectivity index (χ1v) is 9.22. The lowest BCUT2D eigenvalue weighted by molar-refractivity contribution is -0.116. The van der Waals surface area contributed by atoms with Gasteiger partial charge >= 0.3 is 0 Å². The highest BCUT2D eigenvalue weighted by Gasteiger charge is 2.22. The fraction of sp³-hybridized carbons (Fsp3) is 0.300. The van der Waals surface area contributed by atoms with Crippen molar-refractivity contribution in [3.05, 3.63) is 53.6 Å². The number of aromatic nitrogens is 2. The molecule has 2 aromatic heterocycles. The molecule has 1 aromatic carbocycles. The number of carbonyl (C=O) groups is 2. The normalized spacial score (nSPS) is 13.1. The summed E-state index contributed by atoms with van der Waals surface area (Å²) in [7, 11) is 0. The van der Waals surface area contributed by atoms with Crippen LogP contribution in [0.25, 0.3) is 11.7 Å². The van der Waals surface area contributed by atoms with E-state index in [4.69, 9.17) is 8.83 Å². The van der Waals surface area contributed by atoms with Gasteiger partial charge in [0.05, 0.1) is 12.8 Å². The van der Waals surface area contributed by atoms with Crippen LogP contribution < -0.4 is 5.32 Å². The van der Waals surface area contributed by atoms with Crippen LogP contribution >= 0.6 is 0 Å². The lowest BCUT2D eigenvalue weighted by atomic mass is 10.00. The molecular formula is C20H20N4O4. The average molecular weight is 380 g/mol. The van der Waals surface area contributed by atoms with Crippen molar-refractivity contribution in [2.45, 2.75) is 32.7 Å². The summed E-state index contributed by atoms with van der Waals surface area (Å²) >= 11 is 0. The number of hydrogen-bond donors (Lipinski definition) is 1. The number of nitrogens with zero attached hydrogens (tertiary/aromatic N) is 3. The average Bonchev–Trinajstić information content (AvgIpc) is 3.38. The molecule has 3 heterocycles. The van der Waals surface area contributed by atoms with Crippen LogP contribution in [0.1, 0.15) is 41.6 Å². The number of furan rings is 1. The summed E-state index contributed by atoms with van der Waals surface area (Å²) in [6.45, 7) is 2.78. The molecule has 144 valence electrons. The molecule has 0 unspecified atom stereocenters. The maximum Gasteiger partial charge on any atom is 0.283 e. The van der Waals surface area contributed by atoms with Crippen molar-refractivity contribution in [2.75, 3.05) is 11.9 Å². The molecule has 0 saturated heterocycles. The molecule has 0 fully saturated rings. The summed E-state index contributed by atoms with van der Waals surface area (Å²) in [5.41, 5.74) is 2.32. The highest BCUT2D eigenvalue weighted by molar-refractivity contribution is 5.97. The van der Waals surface area contributed by atoms with Gasteiger partial charge in [-0.05, 0) is 48.7 Å². The minimum atomic E-state index is -0.112. The lowest BCUT2D eigenvalue weighted by Gasteiger charge is -2.22. The smallest absolute Gasteiger partial charge is 0.283 e. The zero-order chi connectivity index (χ0) is 19.5. The first kappa shape index (κ1) is 18.0. The molecule has 8 nitrogen and oxygen atoms in total. The summed E-state index contributed by atoms with van der Waals surface area (Å²) < 4.78 is 10.9. The molecular weight excluding hydrogens is 360 g/mol. The zero-order valence-electron chi connectivity index (χ0n) is 15.5. The Bertz CT molecular complexity index is 994. The first-order valence-electron chi connectivity index (χ1n) is 9.22. The van der Waals surface area contributed by atoms with E-state index in [1.165, 1.54) is 6.26 Å². The fourth-order valence-electron chi connectivity index (χ4n) is 3.20. The van der Waals surface area contributed by atoms with Gasteiger partial charge in [-0.15, -0.1) is 10.2 Å². The Morgan fingerprint density at radius 2 is 2.14 bits per heavy atom. The molecule has 2 amide bonds. The monoisotopic (exact) mass is 380 g/mol. The van der Waals surface area contributed by atoms with Gasteiger partial charge in [-0.2, -0.15) is 0 Å². The molecule has 0 radical (unpaired) electrons. The van der Waals surface area contributed by atoms with Crippen LogP contribution in [0.2, 0.25) is 0 Å². The Morgan fingerprint density at radius 1 is 1.25 bits per heavy atom. The van der Waals surface area contributed by atoms with Crippen LogP contribution in [0.4, 0.5) is 5.69 Å². The summed E-state index contributed by atoms with van der Waals surface area (Å²) in [6.07, 6.45) is 3.39. The predicted octanol–water partition coefficient (Wildman–Crippen LogP) is 3.27. The van der Waals surface area contributed by atoms with E-state index in [1.54, 1.807) is 29.2 Å².